The van der Waals surface area contributed by atoms with E-state index in [2.05, 4.69) is 0 Å². The Kier molecular flexibility index (Phi) is 3.71. The Hall–Kier alpha value is -1.46. The van der Waals surface area contributed by atoms with Crippen LogP contribution in [-0.2, 0) is 9.53 Å². The molecule has 5 heteroatoms. The molecule has 0 radical (unpaired) electrons. The molecule has 0 unspecified atom stereocenters. The van der Waals surface area contributed by atoms with Crippen molar-refractivity contribution < 1.29 is 13.9 Å². The van der Waals surface area contributed by atoms with E-state index in [-0.39, 0.29) is 18.3 Å². The third-order valence-corrected chi connectivity index (χ3v) is 2.85. The van der Waals surface area contributed by atoms with Crippen LogP contribution in [0.2, 0.25) is 0 Å². The molecule has 0 spiro atoms. The highest BCUT2D eigenvalue weighted by Crippen LogP contribution is 2.24. The van der Waals surface area contributed by atoms with E-state index in [1.807, 2.05) is 0 Å². The highest BCUT2D eigenvalue weighted by Gasteiger charge is 2.26. The summed E-state index contributed by atoms with van der Waals surface area (Å²) in [5.74, 6) is -0.436. The van der Waals surface area contributed by atoms with E-state index in [4.69, 9.17) is 10.5 Å². The Morgan fingerprint density at radius 3 is 3.00 bits per heavy atom. The molecular formula is C12H15FN2O2. The lowest BCUT2D eigenvalue weighted by atomic mass is 10.1. The fourth-order valence-corrected chi connectivity index (χ4v) is 1.93. The molecule has 1 fully saturated rings. The molecular weight excluding hydrogens is 223 g/mol. The Labute approximate surface area is 99.2 Å². The van der Waals surface area contributed by atoms with Gasteiger partial charge in [0.2, 0.25) is 5.91 Å². The number of nitrogens with zero attached hydrogens (tertiary/aromatic N) is 1. The molecule has 1 atom stereocenters. The normalized spacial score (nSPS) is 20.4. The first-order valence-corrected chi connectivity index (χ1v) is 5.56. The lowest BCUT2D eigenvalue weighted by Crippen LogP contribution is -2.45. The monoisotopic (exact) mass is 238 g/mol. The van der Waals surface area contributed by atoms with Crippen molar-refractivity contribution >= 4 is 5.91 Å². The van der Waals surface area contributed by atoms with Crippen LogP contribution in [0, 0.1) is 5.82 Å². The van der Waals surface area contributed by atoms with E-state index >= 15 is 0 Å². The van der Waals surface area contributed by atoms with Crippen LogP contribution < -0.4 is 5.73 Å². The van der Waals surface area contributed by atoms with Gasteiger partial charge in [0, 0.05) is 12.1 Å². The lowest BCUT2D eigenvalue weighted by molar-refractivity contribution is -0.137. The van der Waals surface area contributed by atoms with Gasteiger partial charge < -0.3 is 15.4 Å². The number of rotatable bonds is 2. The van der Waals surface area contributed by atoms with Gasteiger partial charge in [-0.3, -0.25) is 4.79 Å². The highest BCUT2D eigenvalue weighted by atomic mass is 19.1. The van der Waals surface area contributed by atoms with Gasteiger partial charge in [-0.25, -0.2) is 4.39 Å². The smallest absolute Gasteiger partial charge is 0.236 e. The molecule has 1 amide bonds. The molecule has 1 aliphatic rings. The fourth-order valence-electron chi connectivity index (χ4n) is 1.93. The summed E-state index contributed by atoms with van der Waals surface area (Å²) in [7, 11) is 0. The summed E-state index contributed by atoms with van der Waals surface area (Å²) in [5, 5.41) is 0. The number of carbonyl (C=O) groups is 1. The molecule has 2 rings (SSSR count). The van der Waals surface area contributed by atoms with Crippen LogP contribution >= 0.6 is 0 Å². The number of hydrogen-bond acceptors (Lipinski definition) is 3. The third kappa shape index (κ3) is 2.62. The number of carbonyl (C=O) groups excluding carboxylic acids is 1. The van der Waals surface area contributed by atoms with Crippen molar-refractivity contribution in [3.8, 4) is 0 Å². The minimum atomic E-state index is -0.402. The summed E-state index contributed by atoms with van der Waals surface area (Å²) >= 11 is 0. The molecule has 2 N–H and O–H groups in total. The lowest BCUT2D eigenvalue weighted by Gasteiger charge is -2.33. The minimum Gasteiger partial charge on any atom is -0.370 e. The first-order chi connectivity index (χ1) is 8.22. The predicted molar refractivity (Wildman–Crippen MR) is 60.7 cm³/mol. The quantitative estimate of drug-likeness (QED) is 0.824. The van der Waals surface area contributed by atoms with Gasteiger partial charge >= 0.3 is 0 Å². The van der Waals surface area contributed by atoms with Crippen LogP contribution in [0.4, 0.5) is 4.39 Å². The topological polar surface area (TPSA) is 55.6 Å². The largest absolute Gasteiger partial charge is 0.370 e. The molecule has 0 aliphatic carbocycles. The molecule has 1 heterocycles. The van der Waals surface area contributed by atoms with Crippen molar-refractivity contribution in [2.75, 3.05) is 26.2 Å². The van der Waals surface area contributed by atoms with E-state index in [0.29, 0.717) is 25.3 Å². The SMILES string of the molecule is NCC(=O)N1CCO[C@@H](c2ccccc2F)C1. The van der Waals surface area contributed by atoms with Gasteiger partial charge in [-0.15, -0.1) is 0 Å². The summed E-state index contributed by atoms with van der Waals surface area (Å²) in [6.07, 6.45) is -0.402. The predicted octanol–water partition coefficient (Wildman–Crippen LogP) is 0.684. The molecule has 0 bridgehead atoms. The van der Waals surface area contributed by atoms with Crippen LogP contribution in [0.1, 0.15) is 11.7 Å². The summed E-state index contributed by atoms with van der Waals surface area (Å²) in [6.45, 7) is 1.26. The zero-order valence-electron chi connectivity index (χ0n) is 9.43. The molecule has 1 aliphatic heterocycles. The zero-order chi connectivity index (χ0) is 12.3. The number of hydrogen-bond donors (Lipinski definition) is 1. The number of benzene rings is 1. The van der Waals surface area contributed by atoms with Crippen molar-refractivity contribution in [3.63, 3.8) is 0 Å². The first kappa shape index (κ1) is 12.0. The van der Waals surface area contributed by atoms with Gasteiger partial charge in [0.25, 0.3) is 0 Å². The Balaban J connectivity index is 2.12. The maximum atomic E-state index is 13.6. The van der Waals surface area contributed by atoms with Crippen molar-refractivity contribution in [3.05, 3.63) is 35.6 Å². The van der Waals surface area contributed by atoms with E-state index in [0.717, 1.165) is 0 Å². The molecule has 1 aromatic carbocycles. The van der Waals surface area contributed by atoms with Crippen molar-refractivity contribution in [2.45, 2.75) is 6.10 Å². The van der Waals surface area contributed by atoms with Crippen molar-refractivity contribution in [1.82, 2.24) is 4.90 Å². The van der Waals surface area contributed by atoms with Gasteiger partial charge in [0.15, 0.2) is 0 Å². The van der Waals surface area contributed by atoms with E-state index < -0.39 is 6.10 Å². The number of ether oxygens (including phenoxy) is 1. The number of amides is 1. The van der Waals surface area contributed by atoms with Gasteiger partial charge in [-0.1, -0.05) is 18.2 Å². The van der Waals surface area contributed by atoms with Crippen LogP contribution in [0.5, 0.6) is 0 Å². The van der Waals surface area contributed by atoms with Crippen LogP contribution in [0.25, 0.3) is 0 Å². The standard InChI is InChI=1S/C12H15FN2O2/c13-10-4-2-1-3-9(10)11-8-15(5-6-17-11)12(16)7-14/h1-4,11H,5-8,14H2/t11-/m1/s1. The number of morpholine rings is 1. The van der Waals surface area contributed by atoms with Gasteiger partial charge in [-0.05, 0) is 6.07 Å². The van der Waals surface area contributed by atoms with Gasteiger partial charge in [-0.2, -0.15) is 0 Å². The van der Waals surface area contributed by atoms with E-state index in [1.165, 1.54) is 6.07 Å². The molecule has 0 aromatic heterocycles. The Morgan fingerprint density at radius 1 is 1.53 bits per heavy atom. The molecule has 1 saturated heterocycles. The zero-order valence-corrected chi connectivity index (χ0v) is 9.43. The molecule has 17 heavy (non-hydrogen) atoms. The summed E-state index contributed by atoms with van der Waals surface area (Å²) in [5.41, 5.74) is 5.80. The third-order valence-electron chi connectivity index (χ3n) is 2.85. The van der Waals surface area contributed by atoms with Gasteiger partial charge in [0.05, 0.1) is 19.7 Å². The van der Waals surface area contributed by atoms with E-state index in [9.17, 15) is 9.18 Å². The number of nitrogens with two attached hydrogens (primary N) is 1. The summed E-state index contributed by atoms with van der Waals surface area (Å²) in [6, 6.07) is 6.45. The average molecular weight is 238 g/mol. The molecule has 0 saturated carbocycles. The first-order valence-electron chi connectivity index (χ1n) is 5.56. The maximum absolute atomic E-state index is 13.6. The van der Waals surface area contributed by atoms with Crippen LogP contribution in [-0.4, -0.2) is 37.0 Å². The minimum absolute atomic E-state index is 0.0238. The second-order valence-electron chi connectivity index (χ2n) is 3.92. The van der Waals surface area contributed by atoms with Crippen LogP contribution in [0.3, 0.4) is 0 Å². The fraction of sp³-hybridized carbons (Fsp3) is 0.417. The average Bonchev–Trinajstić information content (AvgIpc) is 2.38. The second kappa shape index (κ2) is 5.25. The summed E-state index contributed by atoms with van der Waals surface area (Å²) in [4.78, 5) is 13.1. The number of halogens is 1. The van der Waals surface area contributed by atoms with E-state index in [1.54, 1.807) is 23.1 Å². The van der Waals surface area contributed by atoms with Crippen molar-refractivity contribution in [2.24, 2.45) is 5.73 Å². The Morgan fingerprint density at radius 2 is 2.29 bits per heavy atom. The second-order valence-corrected chi connectivity index (χ2v) is 3.92. The van der Waals surface area contributed by atoms with Gasteiger partial charge in [0.1, 0.15) is 11.9 Å². The van der Waals surface area contributed by atoms with Crippen LogP contribution in [0.15, 0.2) is 24.3 Å². The molecule has 4 nitrogen and oxygen atoms in total. The Bertz CT molecular complexity index is 411. The van der Waals surface area contributed by atoms with Crippen molar-refractivity contribution in [1.29, 1.82) is 0 Å². The maximum Gasteiger partial charge on any atom is 0.236 e. The molecule has 1 aromatic rings. The molecule has 92 valence electrons. The summed E-state index contributed by atoms with van der Waals surface area (Å²) < 4.78 is 19.1. The highest BCUT2D eigenvalue weighted by molar-refractivity contribution is 5.78.